The minimum Gasteiger partial charge on any atom is -0.352 e. The van der Waals surface area contributed by atoms with E-state index in [-0.39, 0.29) is 5.91 Å². The largest absolute Gasteiger partial charge is 0.352 e. The maximum absolute atomic E-state index is 12.1. The molecule has 19 heavy (non-hydrogen) atoms. The number of hydrogen-bond acceptors (Lipinski definition) is 1. The van der Waals surface area contributed by atoms with Crippen LogP contribution in [0.15, 0.2) is 34.3 Å². The molecule has 2 rings (SSSR count). The van der Waals surface area contributed by atoms with Crippen molar-refractivity contribution in [1.82, 2.24) is 5.32 Å². The van der Waals surface area contributed by atoms with Crippen LogP contribution >= 0.6 is 15.9 Å². The fourth-order valence-corrected chi connectivity index (χ4v) is 3.04. The first-order chi connectivity index (χ1) is 9.16. The number of halogens is 1. The molecule has 1 aliphatic carbocycles. The molecule has 1 aliphatic rings. The van der Waals surface area contributed by atoms with E-state index in [1.54, 1.807) is 0 Å². The molecule has 1 aromatic carbocycles. The Hall–Kier alpha value is -1.09. The summed E-state index contributed by atoms with van der Waals surface area (Å²) in [4.78, 5) is 12.1. The second-order valence-electron chi connectivity index (χ2n) is 5.10. The highest BCUT2D eigenvalue weighted by molar-refractivity contribution is 9.10. The summed E-state index contributed by atoms with van der Waals surface area (Å²) >= 11 is 3.44. The van der Waals surface area contributed by atoms with Crippen molar-refractivity contribution in [1.29, 1.82) is 0 Å². The van der Waals surface area contributed by atoms with Gasteiger partial charge in [0.2, 0.25) is 0 Å². The molecule has 1 N–H and O–H groups in total. The number of amides is 1. The Kier molecular flexibility index (Phi) is 5.20. The molecular weight excluding hydrogens is 302 g/mol. The molecule has 0 saturated carbocycles. The Morgan fingerprint density at radius 3 is 2.89 bits per heavy atom. The Balaban J connectivity index is 1.85. The highest BCUT2D eigenvalue weighted by Crippen LogP contribution is 2.20. The molecule has 0 unspecified atom stereocenters. The second kappa shape index (κ2) is 6.90. The number of benzene rings is 1. The number of rotatable bonds is 4. The van der Waals surface area contributed by atoms with Gasteiger partial charge in [0.25, 0.3) is 5.91 Å². The quantitative estimate of drug-likeness (QED) is 0.819. The van der Waals surface area contributed by atoms with Gasteiger partial charge >= 0.3 is 0 Å². The summed E-state index contributed by atoms with van der Waals surface area (Å²) in [6, 6.07) is 5.80. The van der Waals surface area contributed by atoms with Crippen molar-refractivity contribution < 1.29 is 4.79 Å². The van der Waals surface area contributed by atoms with Crippen LogP contribution in [-0.4, -0.2) is 12.5 Å². The second-order valence-corrected chi connectivity index (χ2v) is 5.95. The summed E-state index contributed by atoms with van der Waals surface area (Å²) in [6.07, 6.45) is 8.32. The smallest absolute Gasteiger partial charge is 0.252 e. The van der Waals surface area contributed by atoms with Crippen LogP contribution in [0.1, 0.15) is 48.0 Å². The first kappa shape index (κ1) is 14.3. The van der Waals surface area contributed by atoms with Crippen molar-refractivity contribution in [2.24, 2.45) is 0 Å². The van der Waals surface area contributed by atoms with Crippen LogP contribution in [0.2, 0.25) is 0 Å². The monoisotopic (exact) mass is 321 g/mol. The van der Waals surface area contributed by atoms with Crippen molar-refractivity contribution in [2.75, 3.05) is 6.54 Å². The fraction of sp³-hybridized carbons (Fsp3) is 0.438. The first-order valence-electron chi connectivity index (χ1n) is 6.89. The summed E-state index contributed by atoms with van der Waals surface area (Å²) in [5.74, 6) is 0.00304. The Labute approximate surface area is 123 Å². The molecule has 0 spiro atoms. The van der Waals surface area contributed by atoms with E-state index in [1.807, 2.05) is 25.1 Å². The number of carbonyl (C=O) groups is 1. The summed E-state index contributed by atoms with van der Waals surface area (Å²) in [5, 5.41) is 3.00. The van der Waals surface area contributed by atoms with Gasteiger partial charge in [0.15, 0.2) is 0 Å². The number of hydrogen-bond donors (Lipinski definition) is 1. The van der Waals surface area contributed by atoms with E-state index in [4.69, 9.17) is 0 Å². The molecule has 0 heterocycles. The van der Waals surface area contributed by atoms with Gasteiger partial charge in [0.1, 0.15) is 0 Å². The third kappa shape index (κ3) is 4.20. The van der Waals surface area contributed by atoms with Gasteiger partial charge in [-0.05, 0) is 72.7 Å². The summed E-state index contributed by atoms with van der Waals surface area (Å²) in [5.41, 5.74) is 3.36. The molecule has 1 amide bonds. The van der Waals surface area contributed by atoms with E-state index < -0.39 is 0 Å². The van der Waals surface area contributed by atoms with Gasteiger partial charge in [-0.15, -0.1) is 0 Å². The van der Waals surface area contributed by atoms with Gasteiger partial charge in [-0.2, -0.15) is 0 Å². The Bertz CT molecular complexity index is 494. The number of nitrogens with one attached hydrogen (secondary N) is 1. The predicted molar refractivity (Wildman–Crippen MR) is 82.4 cm³/mol. The van der Waals surface area contributed by atoms with Crippen LogP contribution in [0, 0.1) is 6.92 Å². The molecule has 0 bridgehead atoms. The number of carbonyl (C=O) groups excluding carboxylic acids is 1. The highest BCUT2D eigenvalue weighted by atomic mass is 79.9. The van der Waals surface area contributed by atoms with E-state index >= 15 is 0 Å². The zero-order valence-corrected chi connectivity index (χ0v) is 12.9. The van der Waals surface area contributed by atoms with Crippen LogP contribution < -0.4 is 5.32 Å². The molecule has 1 aromatic rings. The van der Waals surface area contributed by atoms with E-state index in [1.165, 1.54) is 31.3 Å². The normalized spacial score (nSPS) is 14.9. The Morgan fingerprint density at radius 1 is 1.37 bits per heavy atom. The van der Waals surface area contributed by atoms with Gasteiger partial charge in [-0.3, -0.25) is 4.79 Å². The van der Waals surface area contributed by atoms with Gasteiger partial charge in [0, 0.05) is 11.0 Å². The van der Waals surface area contributed by atoms with Crippen molar-refractivity contribution in [3.05, 3.63) is 45.4 Å². The SMILES string of the molecule is Cc1ccc(C(=O)NCCC2=CCCCC2)c(Br)c1. The average Bonchev–Trinajstić information content (AvgIpc) is 2.39. The van der Waals surface area contributed by atoms with Crippen molar-refractivity contribution in [3.8, 4) is 0 Å². The topological polar surface area (TPSA) is 29.1 Å². The lowest BCUT2D eigenvalue weighted by atomic mass is 9.97. The molecule has 2 nitrogen and oxygen atoms in total. The highest BCUT2D eigenvalue weighted by Gasteiger charge is 2.10. The van der Waals surface area contributed by atoms with E-state index in [0.717, 1.165) is 23.0 Å². The third-order valence-corrected chi connectivity index (χ3v) is 4.14. The van der Waals surface area contributed by atoms with Gasteiger partial charge in [-0.1, -0.05) is 17.7 Å². The first-order valence-corrected chi connectivity index (χ1v) is 7.68. The lowest BCUT2D eigenvalue weighted by Crippen LogP contribution is -2.25. The van der Waals surface area contributed by atoms with Gasteiger partial charge in [-0.25, -0.2) is 0 Å². The molecule has 0 radical (unpaired) electrons. The molecule has 102 valence electrons. The third-order valence-electron chi connectivity index (χ3n) is 3.49. The maximum Gasteiger partial charge on any atom is 0.252 e. The molecule has 0 aromatic heterocycles. The lowest BCUT2D eigenvalue weighted by molar-refractivity contribution is 0.0953. The van der Waals surface area contributed by atoms with Crippen LogP contribution in [0.5, 0.6) is 0 Å². The Morgan fingerprint density at radius 2 is 2.21 bits per heavy atom. The zero-order chi connectivity index (χ0) is 13.7. The predicted octanol–water partition coefficient (Wildman–Crippen LogP) is 4.38. The summed E-state index contributed by atoms with van der Waals surface area (Å²) in [7, 11) is 0. The average molecular weight is 322 g/mol. The van der Waals surface area contributed by atoms with E-state index in [9.17, 15) is 4.79 Å². The van der Waals surface area contributed by atoms with Crippen molar-refractivity contribution in [3.63, 3.8) is 0 Å². The molecule has 0 atom stereocenters. The van der Waals surface area contributed by atoms with Crippen LogP contribution in [0.25, 0.3) is 0 Å². The van der Waals surface area contributed by atoms with E-state index in [2.05, 4.69) is 27.3 Å². The van der Waals surface area contributed by atoms with Crippen LogP contribution in [0.3, 0.4) is 0 Å². The molecule has 3 heteroatoms. The van der Waals surface area contributed by atoms with Crippen molar-refractivity contribution >= 4 is 21.8 Å². The van der Waals surface area contributed by atoms with Crippen molar-refractivity contribution in [2.45, 2.75) is 39.0 Å². The standard InChI is InChI=1S/C16H20BrNO/c1-12-7-8-14(15(17)11-12)16(19)18-10-9-13-5-3-2-4-6-13/h5,7-8,11H,2-4,6,9-10H2,1H3,(H,18,19). The maximum atomic E-state index is 12.1. The minimum atomic E-state index is 0.00304. The summed E-state index contributed by atoms with van der Waals surface area (Å²) < 4.78 is 0.863. The van der Waals surface area contributed by atoms with Gasteiger partial charge in [0.05, 0.1) is 5.56 Å². The minimum absolute atomic E-state index is 0.00304. The molecular formula is C16H20BrNO. The fourth-order valence-electron chi connectivity index (χ4n) is 2.37. The van der Waals surface area contributed by atoms with E-state index in [0.29, 0.717) is 5.56 Å². The molecule has 0 aliphatic heterocycles. The van der Waals surface area contributed by atoms with Gasteiger partial charge < -0.3 is 5.32 Å². The van der Waals surface area contributed by atoms with Crippen LogP contribution in [0.4, 0.5) is 0 Å². The van der Waals surface area contributed by atoms with Crippen LogP contribution in [-0.2, 0) is 0 Å². The number of allylic oxidation sites excluding steroid dienone is 1. The summed E-state index contributed by atoms with van der Waals surface area (Å²) in [6.45, 7) is 2.74. The molecule has 0 saturated heterocycles. The zero-order valence-electron chi connectivity index (χ0n) is 11.3. The lowest BCUT2D eigenvalue weighted by Gasteiger charge is -2.13. The molecule has 0 fully saturated rings. The number of aryl methyl sites for hydroxylation is 1.